The Bertz CT molecular complexity index is 459. The Balaban J connectivity index is 2.00. The fourth-order valence-corrected chi connectivity index (χ4v) is 3.01. The Morgan fingerprint density at radius 1 is 1.18 bits per heavy atom. The number of fused-ring (bicyclic) bond motifs is 1. The molecule has 0 radical (unpaired) electrons. The molecule has 3 heteroatoms. The molecule has 3 nitrogen and oxygen atoms in total. The second kappa shape index (κ2) is 3.76. The van der Waals surface area contributed by atoms with Gasteiger partial charge in [0.2, 0.25) is 0 Å². The number of carbonyl (C=O) groups is 1. The van der Waals surface area contributed by atoms with Crippen LogP contribution in [-0.2, 0) is 0 Å². The monoisotopic (exact) mass is 232 g/mol. The number of rotatable bonds is 0. The molecule has 1 N–H and O–H groups in total. The Hall–Kier alpha value is -1.51. The van der Waals surface area contributed by atoms with Gasteiger partial charge in [-0.1, -0.05) is 12.5 Å². The molecular formula is C14H16O3. The Kier molecular flexibility index (Phi) is 2.35. The molecule has 1 fully saturated rings. The van der Waals surface area contributed by atoms with E-state index in [2.05, 4.69) is 0 Å². The lowest BCUT2D eigenvalue weighted by molar-refractivity contribution is 0.0132. The van der Waals surface area contributed by atoms with Gasteiger partial charge in [-0.15, -0.1) is 0 Å². The third-order valence-electron chi connectivity index (χ3n) is 3.86. The van der Waals surface area contributed by atoms with Crippen molar-refractivity contribution < 1.29 is 14.6 Å². The number of aromatic hydroxyl groups is 1. The van der Waals surface area contributed by atoms with Crippen molar-refractivity contribution in [2.45, 2.75) is 44.1 Å². The predicted molar refractivity (Wildman–Crippen MR) is 63.5 cm³/mol. The summed E-state index contributed by atoms with van der Waals surface area (Å²) >= 11 is 0. The number of hydrogen-bond acceptors (Lipinski definition) is 3. The maximum atomic E-state index is 12.1. The van der Waals surface area contributed by atoms with Gasteiger partial charge >= 0.3 is 0 Å². The molecule has 17 heavy (non-hydrogen) atoms. The molecule has 1 saturated carbocycles. The highest BCUT2D eigenvalue weighted by Crippen LogP contribution is 2.43. The van der Waals surface area contributed by atoms with E-state index in [1.807, 2.05) is 0 Å². The van der Waals surface area contributed by atoms with Crippen LogP contribution in [0.3, 0.4) is 0 Å². The van der Waals surface area contributed by atoms with Crippen LogP contribution in [0.2, 0.25) is 0 Å². The number of ether oxygens (including phenoxy) is 1. The molecular weight excluding hydrogens is 216 g/mol. The van der Waals surface area contributed by atoms with Crippen LogP contribution >= 0.6 is 0 Å². The van der Waals surface area contributed by atoms with Crippen LogP contribution in [0.1, 0.15) is 48.9 Å². The van der Waals surface area contributed by atoms with Crippen molar-refractivity contribution in [3.05, 3.63) is 23.8 Å². The van der Waals surface area contributed by atoms with Gasteiger partial charge in [0.05, 0.1) is 6.42 Å². The van der Waals surface area contributed by atoms with Gasteiger partial charge in [0.1, 0.15) is 22.7 Å². The van der Waals surface area contributed by atoms with Crippen molar-refractivity contribution in [1.82, 2.24) is 0 Å². The minimum Gasteiger partial charge on any atom is -0.507 e. The molecule has 0 bridgehead atoms. The fraction of sp³-hybridized carbons (Fsp3) is 0.500. The number of benzene rings is 1. The van der Waals surface area contributed by atoms with Crippen LogP contribution in [0.15, 0.2) is 18.2 Å². The molecule has 1 aromatic rings. The predicted octanol–water partition coefficient (Wildman–Crippen LogP) is 3.06. The highest BCUT2D eigenvalue weighted by Gasteiger charge is 2.42. The minimum absolute atomic E-state index is 0.0197. The normalized spacial score (nSPS) is 22.0. The molecule has 3 rings (SSSR count). The van der Waals surface area contributed by atoms with E-state index in [9.17, 15) is 9.90 Å². The molecule has 1 spiro atoms. The second-order valence-corrected chi connectivity index (χ2v) is 5.10. The largest absolute Gasteiger partial charge is 0.507 e. The van der Waals surface area contributed by atoms with Gasteiger partial charge in [-0.3, -0.25) is 4.79 Å². The van der Waals surface area contributed by atoms with Gasteiger partial charge in [0.15, 0.2) is 5.78 Å². The smallest absolute Gasteiger partial charge is 0.174 e. The van der Waals surface area contributed by atoms with Crippen molar-refractivity contribution >= 4 is 5.78 Å². The maximum absolute atomic E-state index is 12.1. The van der Waals surface area contributed by atoms with Gasteiger partial charge in [-0.05, 0) is 37.8 Å². The molecule has 90 valence electrons. The Morgan fingerprint density at radius 3 is 2.71 bits per heavy atom. The van der Waals surface area contributed by atoms with Crippen molar-refractivity contribution in [3.63, 3.8) is 0 Å². The van der Waals surface area contributed by atoms with Crippen molar-refractivity contribution in [1.29, 1.82) is 0 Å². The Labute approximate surface area is 100 Å². The second-order valence-electron chi connectivity index (χ2n) is 5.10. The van der Waals surface area contributed by atoms with E-state index >= 15 is 0 Å². The lowest BCUT2D eigenvalue weighted by Gasteiger charge is -2.40. The summed E-state index contributed by atoms with van der Waals surface area (Å²) in [4.78, 5) is 12.1. The Morgan fingerprint density at radius 2 is 1.94 bits per heavy atom. The summed E-state index contributed by atoms with van der Waals surface area (Å²) in [7, 11) is 0. The summed E-state index contributed by atoms with van der Waals surface area (Å²) in [6.45, 7) is 0. The summed E-state index contributed by atoms with van der Waals surface area (Å²) in [6, 6.07) is 5.05. The number of Topliss-reactive ketones (excluding diaryl/α,β-unsaturated/α-hetero) is 1. The first kappa shape index (κ1) is 10.6. The highest BCUT2D eigenvalue weighted by molar-refractivity contribution is 6.02. The molecule has 1 heterocycles. The van der Waals surface area contributed by atoms with Gasteiger partial charge in [-0.25, -0.2) is 0 Å². The minimum atomic E-state index is -0.296. The molecule has 1 aliphatic carbocycles. The number of hydrogen-bond donors (Lipinski definition) is 1. The summed E-state index contributed by atoms with van der Waals surface area (Å²) < 4.78 is 6.03. The zero-order valence-corrected chi connectivity index (χ0v) is 9.74. The third kappa shape index (κ3) is 1.70. The molecule has 0 aromatic heterocycles. The van der Waals surface area contributed by atoms with Gasteiger partial charge in [0.25, 0.3) is 0 Å². The number of phenolic OH excluding ortho intramolecular Hbond substituents is 1. The standard InChI is InChI=1S/C14H16O3/c15-10-5-4-6-12-13(10)11(16)9-14(17-12)7-2-1-3-8-14/h4-6,15H,1-3,7-9H2. The number of ketones is 1. The lowest BCUT2D eigenvalue weighted by atomic mass is 9.78. The van der Waals surface area contributed by atoms with E-state index in [-0.39, 0.29) is 17.1 Å². The molecule has 1 aromatic carbocycles. The number of phenols is 1. The lowest BCUT2D eigenvalue weighted by Crippen LogP contribution is -2.43. The molecule has 0 unspecified atom stereocenters. The van der Waals surface area contributed by atoms with Crippen molar-refractivity contribution in [2.75, 3.05) is 0 Å². The quantitative estimate of drug-likeness (QED) is 0.747. The third-order valence-corrected chi connectivity index (χ3v) is 3.86. The SMILES string of the molecule is O=C1CC2(CCCCC2)Oc2cccc(O)c21. The zero-order valence-electron chi connectivity index (χ0n) is 9.74. The van der Waals surface area contributed by atoms with E-state index in [1.54, 1.807) is 18.2 Å². The van der Waals surface area contributed by atoms with E-state index in [0.29, 0.717) is 17.7 Å². The van der Waals surface area contributed by atoms with Crippen LogP contribution in [0, 0.1) is 0 Å². The topological polar surface area (TPSA) is 46.5 Å². The van der Waals surface area contributed by atoms with Crippen LogP contribution in [-0.4, -0.2) is 16.5 Å². The van der Waals surface area contributed by atoms with Crippen molar-refractivity contribution in [2.24, 2.45) is 0 Å². The summed E-state index contributed by atoms with van der Waals surface area (Å²) in [5, 5.41) is 9.71. The maximum Gasteiger partial charge on any atom is 0.174 e. The average Bonchev–Trinajstić information content (AvgIpc) is 2.29. The van der Waals surface area contributed by atoms with Gasteiger partial charge in [-0.2, -0.15) is 0 Å². The fourth-order valence-electron chi connectivity index (χ4n) is 3.01. The highest BCUT2D eigenvalue weighted by atomic mass is 16.5. The number of carbonyl (C=O) groups excluding carboxylic acids is 1. The van der Waals surface area contributed by atoms with Crippen LogP contribution < -0.4 is 4.74 Å². The first-order chi connectivity index (χ1) is 8.20. The molecule has 0 saturated heterocycles. The van der Waals surface area contributed by atoms with E-state index in [4.69, 9.17) is 4.74 Å². The molecule has 0 amide bonds. The first-order valence-corrected chi connectivity index (χ1v) is 6.24. The molecule has 1 aliphatic heterocycles. The van der Waals surface area contributed by atoms with E-state index in [1.165, 1.54) is 6.42 Å². The summed E-state index contributed by atoms with van der Waals surface area (Å²) in [6.07, 6.45) is 5.80. The zero-order chi connectivity index (χ0) is 11.9. The van der Waals surface area contributed by atoms with Gasteiger partial charge in [0, 0.05) is 0 Å². The van der Waals surface area contributed by atoms with Crippen LogP contribution in [0.4, 0.5) is 0 Å². The van der Waals surface area contributed by atoms with E-state index in [0.717, 1.165) is 25.7 Å². The van der Waals surface area contributed by atoms with E-state index < -0.39 is 0 Å². The van der Waals surface area contributed by atoms with Gasteiger partial charge < -0.3 is 9.84 Å². The summed E-state index contributed by atoms with van der Waals surface area (Å²) in [5.74, 6) is 0.618. The van der Waals surface area contributed by atoms with Crippen LogP contribution in [0.25, 0.3) is 0 Å². The van der Waals surface area contributed by atoms with Crippen molar-refractivity contribution in [3.8, 4) is 11.5 Å². The molecule has 2 aliphatic rings. The summed E-state index contributed by atoms with van der Waals surface area (Å²) in [5.41, 5.74) is 0.0690. The first-order valence-electron chi connectivity index (χ1n) is 6.24. The van der Waals surface area contributed by atoms with Crippen LogP contribution in [0.5, 0.6) is 11.5 Å². The molecule has 0 atom stereocenters. The average molecular weight is 232 g/mol.